The summed E-state index contributed by atoms with van der Waals surface area (Å²) in [6.45, 7) is 7.64. The van der Waals surface area contributed by atoms with E-state index in [0.29, 0.717) is 35.2 Å². The van der Waals surface area contributed by atoms with Gasteiger partial charge >= 0.3 is 5.97 Å². The Kier molecular flexibility index (Phi) is 6.15. The predicted molar refractivity (Wildman–Crippen MR) is 129 cm³/mol. The molecule has 0 bridgehead atoms. The Balaban J connectivity index is 1.65. The molecule has 1 aromatic carbocycles. The molecule has 0 aliphatic heterocycles. The summed E-state index contributed by atoms with van der Waals surface area (Å²) in [4.78, 5) is 21.0. The lowest BCUT2D eigenvalue weighted by Gasteiger charge is -2.09. The lowest BCUT2D eigenvalue weighted by Crippen LogP contribution is -2.09. The van der Waals surface area contributed by atoms with Crippen LogP contribution in [0.3, 0.4) is 0 Å². The highest BCUT2D eigenvalue weighted by molar-refractivity contribution is 5.92. The van der Waals surface area contributed by atoms with Gasteiger partial charge in [-0.05, 0) is 39.8 Å². The van der Waals surface area contributed by atoms with Crippen LogP contribution in [0.2, 0.25) is 0 Å². The van der Waals surface area contributed by atoms with E-state index in [1.54, 1.807) is 29.3 Å². The summed E-state index contributed by atoms with van der Waals surface area (Å²) < 4.78 is 8.54. The largest absolute Gasteiger partial charge is 0.462 e. The van der Waals surface area contributed by atoms with Crippen molar-refractivity contribution in [2.75, 3.05) is 11.9 Å². The number of anilines is 2. The second-order valence-electron chi connectivity index (χ2n) is 7.73. The predicted octanol–water partition coefficient (Wildman–Crippen LogP) is 3.89. The van der Waals surface area contributed by atoms with Crippen LogP contribution in [0.5, 0.6) is 0 Å². The third kappa shape index (κ3) is 4.13. The summed E-state index contributed by atoms with van der Waals surface area (Å²) in [5.74, 6) is 4.11. The van der Waals surface area contributed by atoms with Crippen LogP contribution in [-0.4, -0.2) is 42.1 Å². The maximum atomic E-state index is 12.3. The van der Waals surface area contributed by atoms with Crippen molar-refractivity contribution in [3.05, 3.63) is 64.7 Å². The summed E-state index contributed by atoms with van der Waals surface area (Å²) in [7, 11) is 1.86. The number of terminal acetylenes is 1. The molecule has 3 heterocycles. The highest BCUT2D eigenvalue weighted by Gasteiger charge is 2.21. The number of carbonyl (C=O) groups excluding carboxylic acids is 1. The maximum Gasteiger partial charge on any atom is 0.341 e. The third-order valence-electron chi connectivity index (χ3n) is 5.50. The molecular formula is C25H25N7O2. The lowest BCUT2D eigenvalue weighted by atomic mass is 10.1. The summed E-state index contributed by atoms with van der Waals surface area (Å²) in [5.41, 5.74) is 5.27. The van der Waals surface area contributed by atoms with Crippen molar-refractivity contribution in [1.29, 1.82) is 0 Å². The van der Waals surface area contributed by atoms with Gasteiger partial charge in [0, 0.05) is 29.8 Å². The van der Waals surface area contributed by atoms with Gasteiger partial charge in [0.05, 0.1) is 23.7 Å². The number of benzene rings is 1. The van der Waals surface area contributed by atoms with Gasteiger partial charge in [0.15, 0.2) is 5.82 Å². The van der Waals surface area contributed by atoms with Gasteiger partial charge in [-0.1, -0.05) is 18.1 Å². The number of esters is 1. The Morgan fingerprint density at radius 3 is 2.56 bits per heavy atom. The average Bonchev–Trinajstić information content (AvgIpc) is 3.29. The van der Waals surface area contributed by atoms with Gasteiger partial charge in [-0.3, -0.25) is 4.68 Å². The van der Waals surface area contributed by atoms with E-state index in [1.165, 1.54) is 6.33 Å². The first-order valence-corrected chi connectivity index (χ1v) is 10.8. The van der Waals surface area contributed by atoms with E-state index in [0.717, 1.165) is 28.2 Å². The van der Waals surface area contributed by atoms with E-state index >= 15 is 0 Å². The van der Waals surface area contributed by atoms with E-state index in [2.05, 4.69) is 31.4 Å². The molecule has 0 atom stereocenters. The minimum absolute atomic E-state index is 0.296. The molecule has 0 radical (unpaired) electrons. The monoisotopic (exact) mass is 455 g/mol. The zero-order chi connectivity index (χ0) is 24.4. The van der Waals surface area contributed by atoms with Crippen LogP contribution in [0.15, 0.2) is 36.7 Å². The van der Waals surface area contributed by atoms with Gasteiger partial charge in [-0.2, -0.15) is 10.2 Å². The van der Waals surface area contributed by atoms with Gasteiger partial charge in [0.2, 0.25) is 0 Å². The summed E-state index contributed by atoms with van der Waals surface area (Å²) in [6.07, 6.45) is 6.91. The van der Waals surface area contributed by atoms with Crippen molar-refractivity contribution in [3.8, 4) is 29.4 Å². The Labute approximate surface area is 197 Å². The third-order valence-corrected chi connectivity index (χ3v) is 5.50. The quantitative estimate of drug-likeness (QED) is 0.348. The van der Waals surface area contributed by atoms with Gasteiger partial charge in [-0.15, -0.1) is 6.42 Å². The molecule has 4 rings (SSSR count). The average molecular weight is 456 g/mol. The van der Waals surface area contributed by atoms with Crippen LogP contribution in [0.1, 0.15) is 39.8 Å². The molecule has 0 amide bonds. The standard InChI is InChI=1S/C25H25N7O2/c1-7-18-9-11-19(12-10-18)23-15(3)24(31(6)30-23)28-20-13-21(27-14-26-20)32-17(5)22(16(4)29-32)25(33)34-8-2/h1,9-14H,8H2,2-6H3,(H,26,27,28). The molecule has 0 unspecified atom stereocenters. The van der Waals surface area contributed by atoms with E-state index in [1.807, 2.05) is 45.2 Å². The molecular weight excluding hydrogens is 430 g/mol. The molecule has 4 aromatic rings. The molecule has 0 saturated heterocycles. The number of aryl methyl sites for hydroxylation is 2. The van der Waals surface area contributed by atoms with Crippen molar-refractivity contribution in [2.45, 2.75) is 27.7 Å². The Morgan fingerprint density at radius 1 is 1.15 bits per heavy atom. The molecule has 9 nitrogen and oxygen atoms in total. The number of hydrogen-bond acceptors (Lipinski definition) is 7. The summed E-state index contributed by atoms with van der Waals surface area (Å²) >= 11 is 0. The molecule has 34 heavy (non-hydrogen) atoms. The first-order chi connectivity index (χ1) is 16.3. The second kappa shape index (κ2) is 9.19. The lowest BCUT2D eigenvalue weighted by molar-refractivity contribution is 0.0524. The first-order valence-electron chi connectivity index (χ1n) is 10.8. The van der Waals surface area contributed by atoms with Crippen LogP contribution in [-0.2, 0) is 11.8 Å². The smallest absolute Gasteiger partial charge is 0.341 e. The minimum Gasteiger partial charge on any atom is -0.462 e. The SMILES string of the molecule is C#Cc1ccc(-c2nn(C)c(Nc3cc(-n4nc(C)c(C(=O)OCC)c4C)ncn3)c2C)cc1. The van der Waals surface area contributed by atoms with Crippen molar-refractivity contribution in [1.82, 2.24) is 29.5 Å². The maximum absolute atomic E-state index is 12.3. The van der Waals surface area contributed by atoms with E-state index in [9.17, 15) is 4.79 Å². The fraction of sp³-hybridized carbons (Fsp3) is 0.240. The Morgan fingerprint density at radius 2 is 1.88 bits per heavy atom. The van der Waals surface area contributed by atoms with Crippen LogP contribution >= 0.6 is 0 Å². The minimum atomic E-state index is -0.399. The molecule has 172 valence electrons. The van der Waals surface area contributed by atoms with Crippen LogP contribution in [0.4, 0.5) is 11.6 Å². The van der Waals surface area contributed by atoms with Crippen LogP contribution in [0, 0.1) is 33.1 Å². The van der Waals surface area contributed by atoms with Gasteiger partial charge in [0.1, 0.15) is 23.5 Å². The summed E-state index contributed by atoms with van der Waals surface area (Å²) in [5, 5.41) is 12.5. The highest BCUT2D eigenvalue weighted by atomic mass is 16.5. The van der Waals surface area contributed by atoms with Gasteiger partial charge in [0.25, 0.3) is 0 Å². The molecule has 0 aliphatic carbocycles. The van der Waals surface area contributed by atoms with E-state index < -0.39 is 5.97 Å². The van der Waals surface area contributed by atoms with Crippen LogP contribution < -0.4 is 5.32 Å². The first kappa shape index (κ1) is 22.7. The fourth-order valence-corrected chi connectivity index (χ4v) is 3.82. The molecule has 0 fully saturated rings. The number of aromatic nitrogens is 6. The van der Waals surface area contributed by atoms with Gasteiger partial charge < -0.3 is 10.1 Å². The molecule has 0 saturated carbocycles. The molecule has 0 spiro atoms. The zero-order valence-corrected chi connectivity index (χ0v) is 19.7. The highest BCUT2D eigenvalue weighted by Crippen LogP contribution is 2.29. The second-order valence-corrected chi connectivity index (χ2v) is 7.73. The zero-order valence-electron chi connectivity index (χ0n) is 19.7. The number of rotatable bonds is 6. The topological polar surface area (TPSA) is 99.8 Å². The molecule has 9 heteroatoms. The Hall–Kier alpha value is -4.45. The Bertz CT molecular complexity index is 1410. The number of nitrogens with zero attached hydrogens (tertiary/aromatic N) is 6. The van der Waals surface area contributed by atoms with Crippen molar-refractivity contribution in [3.63, 3.8) is 0 Å². The normalized spacial score (nSPS) is 10.7. The van der Waals surface area contributed by atoms with Crippen molar-refractivity contribution < 1.29 is 9.53 Å². The fourth-order valence-electron chi connectivity index (χ4n) is 3.82. The van der Waals surface area contributed by atoms with Crippen LogP contribution in [0.25, 0.3) is 17.1 Å². The van der Waals surface area contributed by atoms with E-state index in [4.69, 9.17) is 11.2 Å². The van der Waals surface area contributed by atoms with Gasteiger partial charge in [-0.25, -0.2) is 19.4 Å². The summed E-state index contributed by atoms with van der Waals surface area (Å²) in [6, 6.07) is 9.47. The number of nitrogens with one attached hydrogen (secondary N) is 1. The number of carbonyl (C=O) groups is 1. The number of hydrogen-bond donors (Lipinski definition) is 1. The molecule has 1 N–H and O–H groups in total. The number of ether oxygens (including phenoxy) is 1. The van der Waals surface area contributed by atoms with Crippen molar-refractivity contribution >= 4 is 17.6 Å². The molecule has 0 aliphatic rings. The molecule has 3 aromatic heterocycles. The van der Waals surface area contributed by atoms with E-state index in [-0.39, 0.29) is 0 Å². The van der Waals surface area contributed by atoms with Crippen molar-refractivity contribution in [2.24, 2.45) is 7.05 Å².